The first-order chi connectivity index (χ1) is 13.5. The molecule has 0 bridgehead atoms. The van der Waals surface area contributed by atoms with E-state index in [0.717, 1.165) is 35.1 Å². The van der Waals surface area contributed by atoms with Gasteiger partial charge in [-0.1, -0.05) is 6.07 Å². The molecular weight excluding hydrogens is 380 g/mol. The highest BCUT2D eigenvalue weighted by Gasteiger charge is 2.37. The van der Waals surface area contributed by atoms with Crippen molar-refractivity contribution in [3.63, 3.8) is 0 Å². The van der Waals surface area contributed by atoms with Gasteiger partial charge in [0.25, 0.3) is 11.1 Å². The lowest BCUT2D eigenvalue weighted by Gasteiger charge is -2.18. The average Bonchev–Trinajstić information content (AvgIpc) is 3.29. The number of benzene rings is 1. The van der Waals surface area contributed by atoms with Crippen LogP contribution in [0.5, 0.6) is 11.5 Å². The van der Waals surface area contributed by atoms with Crippen molar-refractivity contribution in [1.82, 2.24) is 9.80 Å². The van der Waals surface area contributed by atoms with Crippen LogP contribution in [0.3, 0.4) is 0 Å². The minimum absolute atomic E-state index is 0.180. The molecule has 2 saturated heterocycles. The van der Waals surface area contributed by atoms with E-state index in [1.807, 2.05) is 13.8 Å². The predicted molar refractivity (Wildman–Crippen MR) is 107 cm³/mol. The zero-order valence-corrected chi connectivity index (χ0v) is 16.9. The van der Waals surface area contributed by atoms with Crippen LogP contribution >= 0.6 is 11.8 Å². The summed E-state index contributed by atoms with van der Waals surface area (Å²) in [6.07, 6.45) is 3.57. The fourth-order valence-electron chi connectivity index (χ4n) is 3.15. The monoisotopic (exact) mass is 404 g/mol. The van der Waals surface area contributed by atoms with Gasteiger partial charge in [-0.15, -0.1) is 0 Å². The first kappa shape index (κ1) is 20.3. The Bertz CT molecular complexity index is 802. The van der Waals surface area contributed by atoms with Gasteiger partial charge in [-0.25, -0.2) is 0 Å². The van der Waals surface area contributed by atoms with Gasteiger partial charge in [0.05, 0.1) is 18.1 Å². The van der Waals surface area contributed by atoms with Gasteiger partial charge in [0.1, 0.15) is 6.54 Å². The SMILES string of the molecule is CCOc1ccc(/C=C2\SC(=O)N(CC(=O)N3CCCC3)C2=O)cc1OCC. The number of likely N-dealkylation sites (tertiary alicyclic amines) is 1. The molecule has 0 saturated carbocycles. The van der Waals surface area contributed by atoms with Crippen molar-refractivity contribution in [2.75, 3.05) is 32.8 Å². The number of amides is 3. The Morgan fingerprint density at radius 1 is 1.11 bits per heavy atom. The third-order valence-corrected chi connectivity index (χ3v) is 5.40. The molecule has 2 heterocycles. The topological polar surface area (TPSA) is 76.2 Å². The number of imide groups is 1. The van der Waals surface area contributed by atoms with Gasteiger partial charge in [-0.2, -0.15) is 0 Å². The first-order valence-electron chi connectivity index (χ1n) is 9.46. The van der Waals surface area contributed by atoms with Crippen LogP contribution in [-0.4, -0.2) is 59.7 Å². The second-order valence-corrected chi connectivity index (χ2v) is 7.42. The Morgan fingerprint density at radius 2 is 1.79 bits per heavy atom. The molecule has 8 heteroatoms. The molecule has 0 unspecified atom stereocenters. The highest BCUT2D eigenvalue weighted by molar-refractivity contribution is 8.18. The summed E-state index contributed by atoms with van der Waals surface area (Å²) in [7, 11) is 0. The maximum Gasteiger partial charge on any atom is 0.294 e. The third-order valence-electron chi connectivity index (χ3n) is 4.49. The summed E-state index contributed by atoms with van der Waals surface area (Å²) in [5.41, 5.74) is 0.725. The lowest BCUT2D eigenvalue weighted by Crippen LogP contribution is -2.40. The van der Waals surface area contributed by atoms with Crippen LogP contribution < -0.4 is 9.47 Å². The molecule has 0 atom stereocenters. The number of nitrogens with zero attached hydrogens (tertiary/aromatic N) is 2. The molecule has 0 spiro atoms. The predicted octanol–water partition coefficient (Wildman–Crippen LogP) is 3.14. The number of carbonyl (C=O) groups is 3. The Balaban J connectivity index is 1.75. The van der Waals surface area contributed by atoms with E-state index in [0.29, 0.717) is 42.7 Å². The van der Waals surface area contributed by atoms with Gasteiger partial charge in [0, 0.05) is 13.1 Å². The molecule has 0 aliphatic carbocycles. The number of ether oxygens (including phenoxy) is 2. The van der Waals surface area contributed by atoms with Gasteiger partial charge < -0.3 is 14.4 Å². The summed E-state index contributed by atoms with van der Waals surface area (Å²) in [6, 6.07) is 5.36. The number of carbonyl (C=O) groups excluding carboxylic acids is 3. The van der Waals surface area contributed by atoms with E-state index >= 15 is 0 Å². The molecule has 1 aromatic rings. The van der Waals surface area contributed by atoms with Gasteiger partial charge in [-0.05, 0) is 62.2 Å². The van der Waals surface area contributed by atoms with Crippen LogP contribution in [-0.2, 0) is 9.59 Å². The van der Waals surface area contributed by atoms with E-state index in [9.17, 15) is 14.4 Å². The molecule has 7 nitrogen and oxygen atoms in total. The summed E-state index contributed by atoms with van der Waals surface area (Å²) in [6.45, 7) is 5.96. The molecule has 0 N–H and O–H groups in total. The second kappa shape index (κ2) is 9.14. The lowest BCUT2D eigenvalue weighted by molar-refractivity contribution is -0.135. The molecule has 3 rings (SSSR count). The Kier molecular flexibility index (Phi) is 6.61. The first-order valence-corrected chi connectivity index (χ1v) is 10.3. The quantitative estimate of drug-likeness (QED) is 0.650. The van der Waals surface area contributed by atoms with E-state index in [1.54, 1.807) is 29.2 Å². The molecule has 2 aliphatic heterocycles. The van der Waals surface area contributed by atoms with Gasteiger partial charge in [0.15, 0.2) is 11.5 Å². The van der Waals surface area contributed by atoms with Crippen LogP contribution in [0.4, 0.5) is 4.79 Å². The minimum atomic E-state index is -0.436. The smallest absolute Gasteiger partial charge is 0.294 e. The van der Waals surface area contributed by atoms with E-state index < -0.39 is 11.1 Å². The molecular formula is C20H24N2O5S. The molecule has 2 aliphatic rings. The normalized spacial score (nSPS) is 18.3. The van der Waals surface area contributed by atoms with Gasteiger partial charge in [-0.3, -0.25) is 19.3 Å². The zero-order chi connectivity index (χ0) is 20.1. The van der Waals surface area contributed by atoms with Crippen molar-refractivity contribution in [2.45, 2.75) is 26.7 Å². The fourth-order valence-corrected chi connectivity index (χ4v) is 3.99. The van der Waals surface area contributed by atoms with E-state index in [-0.39, 0.29) is 12.5 Å². The van der Waals surface area contributed by atoms with Crippen molar-refractivity contribution >= 4 is 34.9 Å². The van der Waals surface area contributed by atoms with Crippen molar-refractivity contribution in [1.29, 1.82) is 0 Å². The number of hydrogen-bond donors (Lipinski definition) is 0. The Morgan fingerprint density at radius 3 is 2.46 bits per heavy atom. The second-order valence-electron chi connectivity index (χ2n) is 6.43. The summed E-state index contributed by atoms with van der Waals surface area (Å²) in [5, 5.41) is -0.417. The van der Waals surface area contributed by atoms with Crippen molar-refractivity contribution in [2.24, 2.45) is 0 Å². The van der Waals surface area contributed by atoms with Crippen LogP contribution in [0, 0.1) is 0 Å². The van der Waals surface area contributed by atoms with Crippen LogP contribution in [0.1, 0.15) is 32.3 Å². The molecule has 3 amide bonds. The largest absolute Gasteiger partial charge is 0.490 e. The molecule has 1 aromatic carbocycles. The van der Waals surface area contributed by atoms with E-state index in [2.05, 4.69) is 0 Å². The standard InChI is InChI=1S/C20H24N2O5S/c1-3-26-15-8-7-14(11-16(15)27-4-2)12-17-19(24)22(20(25)28-17)13-18(23)21-9-5-6-10-21/h7-8,11-12H,3-6,9-10,13H2,1-2H3/b17-12-. The lowest BCUT2D eigenvalue weighted by atomic mass is 10.2. The van der Waals surface area contributed by atoms with Crippen molar-refractivity contribution in [3.05, 3.63) is 28.7 Å². The minimum Gasteiger partial charge on any atom is -0.490 e. The highest BCUT2D eigenvalue weighted by atomic mass is 32.2. The summed E-state index contributed by atoms with van der Waals surface area (Å²) in [4.78, 5) is 40.2. The molecule has 150 valence electrons. The van der Waals surface area contributed by atoms with E-state index in [4.69, 9.17) is 9.47 Å². The maximum absolute atomic E-state index is 12.6. The zero-order valence-electron chi connectivity index (χ0n) is 16.1. The van der Waals surface area contributed by atoms with Gasteiger partial charge >= 0.3 is 0 Å². The maximum atomic E-state index is 12.6. The Labute approximate surface area is 168 Å². The fraction of sp³-hybridized carbons (Fsp3) is 0.450. The van der Waals surface area contributed by atoms with Crippen LogP contribution in [0.25, 0.3) is 6.08 Å². The van der Waals surface area contributed by atoms with Crippen LogP contribution in [0.15, 0.2) is 23.1 Å². The summed E-state index contributed by atoms with van der Waals surface area (Å²) >= 11 is 0.851. The molecule has 0 aromatic heterocycles. The molecule has 0 radical (unpaired) electrons. The van der Waals surface area contributed by atoms with Crippen molar-refractivity contribution in [3.8, 4) is 11.5 Å². The number of thioether (sulfide) groups is 1. The number of rotatable bonds is 7. The Hall–Kier alpha value is -2.48. The average molecular weight is 404 g/mol. The summed E-state index contributed by atoms with van der Waals surface area (Å²) in [5.74, 6) is 0.600. The van der Waals surface area contributed by atoms with Crippen molar-refractivity contribution < 1.29 is 23.9 Å². The third kappa shape index (κ3) is 4.49. The molecule has 2 fully saturated rings. The van der Waals surface area contributed by atoms with E-state index in [1.165, 1.54) is 0 Å². The molecule has 28 heavy (non-hydrogen) atoms. The van der Waals surface area contributed by atoms with Crippen LogP contribution in [0.2, 0.25) is 0 Å². The van der Waals surface area contributed by atoms with Gasteiger partial charge in [0.2, 0.25) is 5.91 Å². The summed E-state index contributed by atoms with van der Waals surface area (Å²) < 4.78 is 11.1. The highest BCUT2D eigenvalue weighted by Crippen LogP contribution is 2.34. The number of hydrogen-bond acceptors (Lipinski definition) is 6.